The number of benzene rings is 2. The van der Waals surface area contributed by atoms with Crippen molar-refractivity contribution in [2.75, 3.05) is 66.4 Å². The summed E-state index contributed by atoms with van der Waals surface area (Å²) in [4.78, 5) is 17.3. The summed E-state index contributed by atoms with van der Waals surface area (Å²) in [6, 6.07) is 11.0. The number of terminal acetylenes is 1. The predicted molar refractivity (Wildman–Crippen MR) is 152 cm³/mol. The number of ether oxygens (including phenoxy) is 6. The molecule has 212 valence electrons. The first kappa shape index (κ1) is 30.5. The van der Waals surface area contributed by atoms with E-state index in [-0.39, 0.29) is 18.6 Å². The smallest absolute Gasteiger partial charge is 0.245 e. The number of nitrogens with zero attached hydrogens (tertiary/aromatic N) is 2. The summed E-state index contributed by atoms with van der Waals surface area (Å²) in [7, 11) is 1.60. The van der Waals surface area contributed by atoms with Gasteiger partial charge in [0.05, 0.1) is 46.7 Å². The molecule has 0 bridgehead atoms. The van der Waals surface area contributed by atoms with Crippen LogP contribution in [0.2, 0.25) is 0 Å². The van der Waals surface area contributed by atoms with Crippen LogP contribution in [0.3, 0.4) is 0 Å². The molecule has 1 amide bonds. The number of carbonyl (C=O) groups excluding carboxylic acids is 1. The Morgan fingerprint density at radius 3 is 2.40 bits per heavy atom. The van der Waals surface area contributed by atoms with Gasteiger partial charge in [-0.05, 0) is 48.0 Å². The first-order valence-electron chi connectivity index (χ1n) is 13.2. The second-order valence-electron chi connectivity index (χ2n) is 8.87. The van der Waals surface area contributed by atoms with Crippen molar-refractivity contribution in [1.82, 2.24) is 4.90 Å². The summed E-state index contributed by atoms with van der Waals surface area (Å²) < 4.78 is 33.8. The fraction of sp³-hybridized carbons (Fsp3) is 0.419. The van der Waals surface area contributed by atoms with Crippen LogP contribution in [-0.4, -0.2) is 83.4 Å². The highest BCUT2D eigenvalue weighted by Crippen LogP contribution is 2.38. The highest BCUT2D eigenvalue weighted by atomic mass is 16.6. The lowest BCUT2D eigenvalue weighted by atomic mass is 10.0. The van der Waals surface area contributed by atoms with E-state index in [9.17, 15) is 4.79 Å². The summed E-state index contributed by atoms with van der Waals surface area (Å²) in [5.74, 6) is 4.23. The lowest BCUT2D eigenvalue weighted by Crippen LogP contribution is -2.41. The number of likely N-dealkylation sites (tertiary alicyclic amines) is 1. The molecule has 1 saturated heterocycles. The van der Waals surface area contributed by atoms with Gasteiger partial charge >= 0.3 is 0 Å². The van der Waals surface area contributed by atoms with Crippen molar-refractivity contribution in [2.24, 2.45) is 0 Å². The Kier molecular flexibility index (Phi) is 12.8. The molecular weight excluding hydrogens is 512 g/mol. The molecule has 0 unspecified atom stereocenters. The number of methoxy groups -OCH3 is 1. The van der Waals surface area contributed by atoms with E-state index in [0.29, 0.717) is 88.5 Å². The Morgan fingerprint density at radius 1 is 1.05 bits per heavy atom. The molecule has 0 aromatic heterocycles. The lowest BCUT2D eigenvalue weighted by Gasteiger charge is -2.31. The van der Waals surface area contributed by atoms with Crippen LogP contribution in [0, 0.1) is 18.9 Å². The minimum atomic E-state index is -0.0658. The molecule has 9 heteroatoms. The van der Waals surface area contributed by atoms with Crippen molar-refractivity contribution in [3.8, 4) is 40.7 Å². The quantitative estimate of drug-likeness (QED) is 0.132. The molecule has 9 nitrogen and oxygen atoms in total. The van der Waals surface area contributed by atoms with Gasteiger partial charge in [0.2, 0.25) is 5.91 Å². The zero-order chi connectivity index (χ0) is 28.6. The maximum atomic E-state index is 11.9. The SMILES string of the molecule is [C-]#[N+]c1cc(OC2CCN(C(=O)C=C)CC2)cc(-c2cc(OCCOCCOCCOCC#C)ccc2OC)c1. The fourth-order valence-corrected chi connectivity index (χ4v) is 4.18. The summed E-state index contributed by atoms with van der Waals surface area (Å²) in [6.45, 7) is 15.2. The number of piperidine rings is 1. The van der Waals surface area contributed by atoms with Gasteiger partial charge in [-0.1, -0.05) is 12.5 Å². The Bertz CT molecular complexity index is 1190. The third-order valence-electron chi connectivity index (χ3n) is 6.16. The molecule has 0 radical (unpaired) electrons. The molecule has 1 aliphatic rings. The number of carbonyl (C=O) groups is 1. The molecular formula is C31H36N2O7. The molecule has 40 heavy (non-hydrogen) atoms. The van der Waals surface area contributed by atoms with E-state index in [1.807, 2.05) is 24.3 Å². The molecule has 3 rings (SSSR count). The van der Waals surface area contributed by atoms with Crippen molar-refractivity contribution >= 4 is 11.6 Å². The Hall–Kier alpha value is -4.02. The minimum absolute atomic E-state index is 0.0496. The van der Waals surface area contributed by atoms with Crippen molar-refractivity contribution in [1.29, 1.82) is 0 Å². The maximum absolute atomic E-state index is 11.9. The molecule has 0 atom stereocenters. The van der Waals surface area contributed by atoms with Crippen LogP contribution in [0.15, 0.2) is 49.1 Å². The van der Waals surface area contributed by atoms with Gasteiger partial charge in [0.25, 0.3) is 0 Å². The standard InChI is InChI=1S/C31H36N2O7/c1-5-13-36-14-15-37-16-17-38-18-19-39-27-7-8-30(35-4)29(23-27)24-20-25(32-3)22-28(21-24)40-26-9-11-33(12-10-26)31(34)6-2/h1,6-8,20-23,26H,2,9-19H2,4H3. The van der Waals surface area contributed by atoms with E-state index in [1.165, 1.54) is 6.08 Å². The molecule has 0 spiro atoms. The summed E-state index contributed by atoms with van der Waals surface area (Å²) >= 11 is 0. The second-order valence-corrected chi connectivity index (χ2v) is 8.87. The highest BCUT2D eigenvalue weighted by molar-refractivity contribution is 5.87. The lowest BCUT2D eigenvalue weighted by molar-refractivity contribution is -0.127. The Labute approximate surface area is 236 Å². The van der Waals surface area contributed by atoms with Crippen LogP contribution < -0.4 is 14.2 Å². The van der Waals surface area contributed by atoms with Crippen molar-refractivity contribution in [3.05, 3.63) is 60.5 Å². The Balaban J connectivity index is 1.57. The largest absolute Gasteiger partial charge is 0.496 e. The third-order valence-corrected chi connectivity index (χ3v) is 6.16. The average Bonchev–Trinajstić information content (AvgIpc) is 2.99. The first-order chi connectivity index (χ1) is 19.6. The van der Waals surface area contributed by atoms with Gasteiger partial charge in [0.15, 0.2) is 5.69 Å². The van der Waals surface area contributed by atoms with E-state index >= 15 is 0 Å². The predicted octanol–water partition coefficient (Wildman–Crippen LogP) is 4.53. The molecule has 1 fully saturated rings. The summed E-state index contributed by atoms with van der Waals surface area (Å²) in [5, 5.41) is 0. The molecule has 1 aliphatic heterocycles. The van der Waals surface area contributed by atoms with Crippen LogP contribution in [0.4, 0.5) is 5.69 Å². The minimum Gasteiger partial charge on any atom is -0.496 e. The Morgan fingerprint density at radius 2 is 1.75 bits per heavy atom. The number of hydrogen-bond donors (Lipinski definition) is 0. The van der Waals surface area contributed by atoms with Gasteiger partial charge in [-0.2, -0.15) is 0 Å². The normalized spacial score (nSPS) is 13.2. The molecule has 1 heterocycles. The van der Waals surface area contributed by atoms with Crippen LogP contribution in [0.1, 0.15) is 12.8 Å². The topological polar surface area (TPSA) is 80.1 Å². The van der Waals surface area contributed by atoms with Crippen LogP contribution in [0.25, 0.3) is 16.0 Å². The zero-order valence-corrected chi connectivity index (χ0v) is 22.9. The van der Waals surface area contributed by atoms with E-state index in [1.54, 1.807) is 24.1 Å². The molecule has 0 saturated carbocycles. The summed E-state index contributed by atoms with van der Waals surface area (Å²) in [6.07, 6.45) is 7.82. The average molecular weight is 549 g/mol. The highest BCUT2D eigenvalue weighted by Gasteiger charge is 2.23. The van der Waals surface area contributed by atoms with Gasteiger partial charge in [0.1, 0.15) is 36.6 Å². The van der Waals surface area contributed by atoms with Crippen LogP contribution in [-0.2, 0) is 19.0 Å². The van der Waals surface area contributed by atoms with Gasteiger partial charge in [-0.3, -0.25) is 4.79 Å². The van der Waals surface area contributed by atoms with Gasteiger partial charge < -0.3 is 33.3 Å². The number of rotatable bonds is 16. The fourth-order valence-electron chi connectivity index (χ4n) is 4.18. The van der Waals surface area contributed by atoms with E-state index in [4.69, 9.17) is 41.4 Å². The van der Waals surface area contributed by atoms with Crippen molar-refractivity contribution in [3.63, 3.8) is 0 Å². The molecule has 0 N–H and O–H groups in total. The van der Waals surface area contributed by atoms with E-state index < -0.39 is 0 Å². The number of amides is 1. The number of hydrogen-bond acceptors (Lipinski definition) is 7. The van der Waals surface area contributed by atoms with Gasteiger partial charge in [-0.15, -0.1) is 6.42 Å². The van der Waals surface area contributed by atoms with Crippen molar-refractivity contribution < 1.29 is 33.2 Å². The van der Waals surface area contributed by atoms with Crippen LogP contribution in [0.5, 0.6) is 17.2 Å². The molecule has 2 aromatic carbocycles. The molecule has 0 aliphatic carbocycles. The summed E-state index contributed by atoms with van der Waals surface area (Å²) in [5.41, 5.74) is 2.02. The van der Waals surface area contributed by atoms with Gasteiger partial charge in [-0.25, -0.2) is 4.85 Å². The van der Waals surface area contributed by atoms with Gasteiger partial charge in [0, 0.05) is 31.5 Å². The van der Waals surface area contributed by atoms with E-state index in [0.717, 1.165) is 11.1 Å². The van der Waals surface area contributed by atoms with Crippen molar-refractivity contribution in [2.45, 2.75) is 18.9 Å². The first-order valence-corrected chi connectivity index (χ1v) is 13.2. The molecule has 2 aromatic rings. The maximum Gasteiger partial charge on any atom is 0.245 e. The third kappa shape index (κ3) is 9.62. The second kappa shape index (κ2) is 16.8. The zero-order valence-electron chi connectivity index (χ0n) is 22.9. The monoisotopic (exact) mass is 548 g/mol. The van der Waals surface area contributed by atoms with E-state index in [2.05, 4.69) is 17.3 Å². The van der Waals surface area contributed by atoms with Crippen LogP contribution >= 0.6 is 0 Å².